The molecule has 0 radical (unpaired) electrons. The molecule has 0 fully saturated rings. The summed E-state index contributed by atoms with van der Waals surface area (Å²) in [5.41, 5.74) is -0.631. The van der Waals surface area contributed by atoms with E-state index in [9.17, 15) is 9.59 Å². The van der Waals surface area contributed by atoms with Crippen LogP contribution in [0.5, 0.6) is 0 Å². The van der Waals surface area contributed by atoms with E-state index >= 15 is 0 Å². The highest BCUT2D eigenvalue weighted by atomic mass is 16.6. The fourth-order valence-electron chi connectivity index (χ4n) is 1.76. The Morgan fingerprint density at radius 1 is 1.22 bits per heavy atom. The van der Waals surface area contributed by atoms with Gasteiger partial charge in [0.05, 0.1) is 0 Å². The number of ether oxygens (including phenoxy) is 1. The summed E-state index contributed by atoms with van der Waals surface area (Å²) >= 11 is 0. The molecule has 0 aliphatic heterocycles. The number of rotatable bonds is 5. The van der Waals surface area contributed by atoms with Gasteiger partial charge in [-0.05, 0) is 39.0 Å². The predicted molar refractivity (Wildman–Crippen MR) is 69.4 cm³/mol. The molecule has 0 aromatic rings. The maximum atomic E-state index is 11.6. The molecule has 106 valence electrons. The van der Waals surface area contributed by atoms with E-state index in [1.807, 2.05) is 20.8 Å². The molecule has 0 spiro atoms. The monoisotopic (exact) mass is 259 g/mol. The zero-order valence-corrected chi connectivity index (χ0v) is 12.1. The molecule has 0 rings (SSSR count). The summed E-state index contributed by atoms with van der Waals surface area (Å²) in [4.78, 5) is 22.7. The lowest BCUT2D eigenvalue weighted by atomic mass is 9.92. The molecule has 0 aliphatic rings. The van der Waals surface area contributed by atoms with Crippen LogP contribution in [0.2, 0.25) is 0 Å². The minimum absolute atomic E-state index is 0.144. The molecule has 0 aromatic carbocycles. The molecule has 5 heteroatoms. The quantitative estimate of drug-likeness (QED) is 0.795. The summed E-state index contributed by atoms with van der Waals surface area (Å²) in [5.74, 6) is -0.800. The number of amides is 1. The molecule has 2 unspecified atom stereocenters. The van der Waals surface area contributed by atoms with E-state index in [-0.39, 0.29) is 5.92 Å². The Hall–Kier alpha value is -1.26. The lowest BCUT2D eigenvalue weighted by Gasteiger charge is -2.25. The molecule has 1 amide bonds. The van der Waals surface area contributed by atoms with Crippen molar-refractivity contribution in [2.75, 3.05) is 0 Å². The second-order valence-corrected chi connectivity index (χ2v) is 6.07. The molecule has 5 nitrogen and oxygen atoms in total. The summed E-state index contributed by atoms with van der Waals surface area (Å²) in [6.07, 6.45) is 0.0396. The molecule has 0 aliphatic carbocycles. The number of hydrogen-bond donors (Lipinski definition) is 2. The first-order chi connectivity index (χ1) is 8.03. The fraction of sp³-hybridized carbons (Fsp3) is 0.846. The van der Waals surface area contributed by atoms with Crippen LogP contribution < -0.4 is 5.32 Å². The zero-order valence-electron chi connectivity index (χ0n) is 12.1. The molecular weight excluding hydrogens is 234 g/mol. The third-order valence-electron chi connectivity index (χ3n) is 2.35. The van der Waals surface area contributed by atoms with Gasteiger partial charge in [-0.15, -0.1) is 0 Å². The van der Waals surface area contributed by atoms with Crippen LogP contribution in [-0.4, -0.2) is 28.8 Å². The number of carbonyl (C=O) groups excluding carboxylic acids is 1. The van der Waals surface area contributed by atoms with E-state index < -0.39 is 23.7 Å². The normalized spacial score (nSPS) is 15.1. The highest BCUT2D eigenvalue weighted by Gasteiger charge is 2.28. The van der Waals surface area contributed by atoms with Crippen LogP contribution in [0.4, 0.5) is 4.79 Å². The Morgan fingerprint density at radius 3 is 2.06 bits per heavy atom. The van der Waals surface area contributed by atoms with Crippen molar-refractivity contribution in [2.24, 2.45) is 11.8 Å². The SMILES string of the molecule is CC(C)CC(C)C(NC(=O)OC(C)(C)C)C(=O)O. The first kappa shape index (κ1) is 16.7. The van der Waals surface area contributed by atoms with Crippen LogP contribution in [0.15, 0.2) is 0 Å². The standard InChI is InChI=1S/C13H25NO4/c1-8(2)7-9(3)10(11(15)16)14-12(17)18-13(4,5)6/h8-10H,7H2,1-6H3,(H,14,17)(H,15,16). The van der Waals surface area contributed by atoms with E-state index in [1.165, 1.54) is 0 Å². The van der Waals surface area contributed by atoms with Crippen molar-refractivity contribution in [3.05, 3.63) is 0 Å². The smallest absolute Gasteiger partial charge is 0.408 e. The second kappa shape index (κ2) is 6.61. The molecule has 0 heterocycles. The molecule has 0 bridgehead atoms. The third kappa shape index (κ3) is 7.14. The second-order valence-electron chi connectivity index (χ2n) is 6.07. The molecule has 2 atom stereocenters. The number of aliphatic carboxylic acids is 1. The lowest BCUT2D eigenvalue weighted by Crippen LogP contribution is -2.47. The van der Waals surface area contributed by atoms with E-state index in [4.69, 9.17) is 9.84 Å². The Bertz CT molecular complexity index is 294. The van der Waals surface area contributed by atoms with Gasteiger partial charge in [-0.25, -0.2) is 9.59 Å². The first-order valence-electron chi connectivity index (χ1n) is 6.25. The summed E-state index contributed by atoms with van der Waals surface area (Å²) in [6, 6.07) is -0.915. The number of hydrogen-bond acceptors (Lipinski definition) is 3. The van der Waals surface area contributed by atoms with Gasteiger partial charge >= 0.3 is 12.1 Å². The Balaban J connectivity index is 4.54. The number of nitrogens with one attached hydrogen (secondary N) is 1. The number of carbonyl (C=O) groups is 2. The highest BCUT2D eigenvalue weighted by Crippen LogP contribution is 2.16. The average molecular weight is 259 g/mol. The number of alkyl carbamates (subject to hydrolysis) is 1. The Labute approximate surface area is 109 Å². The van der Waals surface area contributed by atoms with Crippen LogP contribution >= 0.6 is 0 Å². The molecule has 18 heavy (non-hydrogen) atoms. The Kier molecular flexibility index (Phi) is 6.15. The minimum Gasteiger partial charge on any atom is -0.480 e. The lowest BCUT2D eigenvalue weighted by molar-refractivity contribution is -0.141. The molecule has 0 aromatic heterocycles. The van der Waals surface area contributed by atoms with Crippen molar-refractivity contribution < 1.29 is 19.4 Å². The van der Waals surface area contributed by atoms with Crippen LogP contribution in [0.1, 0.15) is 48.0 Å². The minimum atomic E-state index is -1.03. The van der Waals surface area contributed by atoms with Crippen molar-refractivity contribution in [1.82, 2.24) is 5.32 Å². The van der Waals surface area contributed by atoms with Crippen molar-refractivity contribution in [3.63, 3.8) is 0 Å². The first-order valence-corrected chi connectivity index (χ1v) is 6.25. The summed E-state index contributed by atoms with van der Waals surface area (Å²) in [5, 5.41) is 11.6. The molecular formula is C13H25NO4. The van der Waals surface area contributed by atoms with Gasteiger partial charge < -0.3 is 15.2 Å². The maximum Gasteiger partial charge on any atom is 0.408 e. The van der Waals surface area contributed by atoms with E-state index in [0.717, 1.165) is 6.42 Å². The third-order valence-corrected chi connectivity index (χ3v) is 2.35. The van der Waals surface area contributed by atoms with Gasteiger partial charge in [-0.2, -0.15) is 0 Å². The van der Waals surface area contributed by atoms with Crippen LogP contribution in [0, 0.1) is 11.8 Å². The Morgan fingerprint density at radius 2 is 1.72 bits per heavy atom. The van der Waals surface area contributed by atoms with Gasteiger partial charge in [0.1, 0.15) is 11.6 Å². The summed E-state index contributed by atoms with van der Waals surface area (Å²) in [7, 11) is 0. The molecule has 2 N–H and O–H groups in total. The topological polar surface area (TPSA) is 75.6 Å². The van der Waals surface area contributed by atoms with Gasteiger partial charge in [0.25, 0.3) is 0 Å². The van der Waals surface area contributed by atoms with Crippen molar-refractivity contribution >= 4 is 12.1 Å². The highest BCUT2D eigenvalue weighted by molar-refractivity contribution is 5.80. The average Bonchev–Trinajstić information content (AvgIpc) is 2.09. The van der Waals surface area contributed by atoms with Crippen LogP contribution in [0.3, 0.4) is 0 Å². The van der Waals surface area contributed by atoms with E-state index in [1.54, 1.807) is 20.8 Å². The zero-order chi connectivity index (χ0) is 14.5. The molecule has 0 saturated heterocycles. The van der Waals surface area contributed by atoms with E-state index in [0.29, 0.717) is 5.92 Å². The van der Waals surface area contributed by atoms with Gasteiger partial charge in [-0.3, -0.25) is 0 Å². The van der Waals surface area contributed by atoms with Crippen molar-refractivity contribution in [2.45, 2.75) is 59.6 Å². The number of carboxylic acids is 1. The van der Waals surface area contributed by atoms with Crippen LogP contribution in [-0.2, 0) is 9.53 Å². The number of carboxylic acid groups (broad SMARTS) is 1. The fourth-order valence-corrected chi connectivity index (χ4v) is 1.76. The summed E-state index contributed by atoms with van der Waals surface area (Å²) < 4.78 is 5.06. The summed E-state index contributed by atoms with van der Waals surface area (Å²) in [6.45, 7) is 11.1. The molecule has 0 saturated carbocycles. The van der Waals surface area contributed by atoms with Gasteiger partial charge in [-0.1, -0.05) is 20.8 Å². The van der Waals surface area contributed by atoms with Crippen LogP contribution in [0.25, 0.3) is 0 Å². The van der Waals surface area contributed by atoms with Gasteiger partial charge in [0, 0.05) is 0 Å². The largest absolute Gasteiger partial charge is 0.480 e. The van der Waals surface area contributed by atoms with Gasteiger partial charge in [0.2, 0.25) is 0 Å². The van der Waals surface area contributed by atoms with Crippen molar-refractivity contribution in [3.8, 4) is 0 Å². The maximum absolute atomic E-state index is 11.6. The van der Waals surface area contributed by atoms with E-state index in [2.05, 4.69) is 5.32 Å². The van der Waals surface area contributed by atoms with Gasteiger partial charge in [0.15, 0.2) is 0 Å². The predicted octanol–water partition coefficient (Wildman–Crippen LogP) is 2.65. The van der Waals surface area contributed by atoms with Crippen molar-refractivity contribution in [1.29, 1.82) is 0 Å².